The molecule has 0 aliphatic carbocycles. The van der Waals surface area contributed by atoms with Gasteiger partial charge in [0.05, 0.1) is 30.3 Å². The number of aliphatic hydroxyl groups excluding tert-OH is 4. The lowest BCUT2D eigenvalue weighted by molar-refractivity contribution is -0.179. The third-order valence-corrected chi connectivity index (χ3v) is 8.87. The van der Waals surface area contributed by atoms with Crippen LogP contribution in [0.3, 0.4) is 0 Å². The highest BCUT2D eigenvalue weighted by molar-refractivity contribution is 5.74. The van der Waals surface area contributed by atoms with Gasteiger partial charge in [-0.05, 0) is 37.0 Å². The summed E-state index contributed by atoms with van der Waals surface area (Å²) in [6.45, 7) is 16.8. The van der Waals surface area contributed by atoms with Gasteiger partial charge in [0.2, 0.25) is 5.91 Å². The normalized spacial score (nSPS) is 28.5. The number of primary amides is 1. The van der Waals surface area contributed by atoms with Crippen molar-refractivity contribution in [3.8, 4) is 0 Å². The fraction of sp³-hybridized carbons (Fsp3) is 0.697. The lowest BCUT2D eigenvalue weighted by Crippen LogP contribution is -2.47. The molecule has 6 N–H and O–H groups in total. The number of carbonyl (C=O) groups is 2. The number of aliphatic hydroxyl groups is 4. The number of cyclic esters (lactones) is 1. The van der Waals surface area contributed by atoms with Gasteiger partial charge in [0.25, 0.3) is 0 Å². The van der Waals surface area contributed by atoms with E-state index in [0.717, 1.165) is 0 Å². The quantitative estimate of drug-likeness (QED) is 0.0998. The summed E-state index contributed by atoms with van der Waals surface area (Å²) < 4.78 is 5.40. The van der Waals surface area contributed by atoms with E-state index in [1.54, 1.807) is 32.1 Å². The van der Waals surface area contributed by atoms with Gasteiger partial charge in [-0.1, -0.05) is 90.7 Å². The molecule has 0 saturated carbocycles. The van der Waals surface area contributed by atoms with Crippen LogP contribution < -0.4 is 5.73 Å². The van der Waals surface area contributed by atoms with Crippen LogP contribution in [0.2, 0.25) is 0 Å². The van der Waals surface area contributed by atoms with Gasteiger partial charge in [0, 0.05) is 30.6 Å². The van der Waals surface area contributed by atoms with E-state index >= 15 is 0 Å². The molecule has 1 heterocycles. The average Bonchev–Trinajstić information content (AvgIpc) is 2.93. The summed E-state index contributed by atoms with van der Waals surface area (Å²) in [4.78, 5) is 23.6. The summed E-state index contributed by atoms with van der Waals surface area (Å²) in [6.07, 6.45) is 10.1. The maximum Gasteiger partial charge on any atom is 0.311 e. The molecule has 1 rings (SSSR count). The minimum absolute atomic E-state index is 0.0486. The standard InChI is InChI=1S/C33H55NO7/c1-9-10-12-19(2)27(18-29(34)36)23(6)31(38)21(4)14-11-13-20(3)30(37)22(5)15-16-26(35)17-28-24(7)32(39)25(8)33(40)41-28/h9-13,15-16,19-28,30-32,35,37-39H,1,14,17-18H2,2-8H3,(H2,34,36)/b12-10-,13-11-,16-15-/t19-,20-,21-,22-,23+,24-,25+,26+,27-,28-,30+,31+,32-/m0/s1. The molecule has 8 nitrogen and oxygen atoms in total. The number of ether oxygens (including phenoxy) is 1. The first kappa shape index (κ1) is 36.8. The smallest absolute Gasteiger partial charge is 0.311 e. The predicted octanol–water partition coefficient (Wildman–Crippen LogP) is 3.93. The first-order valence-electron chi connectivity index (χ1n) is 15.0. The number of amides is 1. The lowest BCUT2D eigenvalue weighted by atomic mass is 9.75. The molecule has 1 aliphatic heterocycles. The van der Waals surface area contributed by atoms with Gasteiger partial charge in [-0.15, -0.1) is 0 Å². The van der Waals surface area contributed by atoms with Crippen molar-refractivity contribution in [2.75, 3.05) is 0 Å². The molecule has 0 aromatic rings. The van der Waals surface area contributed by atoms with E-state index in [-0.39, 0.29) is 60.2 Å². The number of carbonyl (C=O) groups excluding carboxylic acids is 2. The minimum atomic E-state index is -0.881. The van der Waals surface area contributed by atoms with Crippen molar-refractivity contribution in [2.24, 2.45) is 53.1 Å². The van der Waals surface area contributed by atoms with Crippen molar-refractivity contribution in [3.05, 3.63) is 49.1 Å². The number of esters is 1. The Morgan fingerprint density at radius 2 is 1.59 bits per heavy atom. The van der Waals surface area contributed by atoms with Gasteiger partial charge in [0.1, 0.15) is 6.10 Å². The molecule has 41 heavy (non-hydrogen) atoms. The van der Waals surface area contributed by atoms with Crippen molar-refractivity contribution < 1.29 is 34.8 Å². The fourth-order valence-corrected chi connectivity index (χ4v) is 5.67. The Hall–Kier alpha value is -2.26. The number of rotatable bonds is 17. The Morgan fingerprint density at radius 3 is 2.17 bits per heavy atom. The highest BCUT2D eigenvalue weighted by Gasteiger charge is 2.40. The van der Waals surface area contributed by atoms with Crippen LogP contribution in [-0.4, -0.2) is 62.8 Å². The zero-order chi connectivity index (χ0) is 31.4. The zero-order valence-electron chi connectivity index (χ0n) is 26.0. The molecule has 0 bridgehead atoms. The SMILES string of the molecule is C=C/C=C\[C@H](C)[C@H](CC(N)=O)[C@@H](C)[C@H](O)[C@@H](C)C/C=C\[C@H](C)[C@@H](O)[C@@H](C)/C=C\[C@@H](O)C[C@@H]1OC(=O)[C@H](C)[C@@H](O)[C@H]1C. The summed E-state index contributed by atoms with van der Waals surface area (Å²) in [5.74, 6) is -2.40. The van der Waals surface area contributed by atoms with Crippen molar-refractivity contribution in [2.45, 2.75) is 98.2 Å². The second kappa shape index (κ2) is 17.6. The van der Waals surface area contributed by atoms with Gasteiger partial charge in [-0.3, -0.25) is 9.59 Å². The zero-order valence-corrected chi connectivity index (χ0v) is 26.0. The molecule has 0 aromatic heterocycles. The summed E-state index contributed by atoms with van der Waals surface area (Å²) >= 11 is 0. The molecule has 1 aliphatic rings. The van der Waals surface area contributed by atoms with Crippen LogP contribution in [0, 0.1) is 47.3 Å². The Bertz CT molecular complexity index is 915. The Morgan fingerprint density at radius 1 is 0.976 bits per heavy atom. The maximum absolute atomic E-state index is 11.9. The highest BCUT2D eigenvalue weighted by Crippen LogP contribution is 2.32. The molecule has 234 valence electrons. The molecule has 13 atom stereocenters. The fourth-order valence-electron chi connectivity index (χ4n) is 5.67. The molecule has 0 spiro atoms. The van der Waals surface area contributed by atoms with Gasteiger partial charge in [-0.25, -0.2) is 0 Å². The Kier molecular flexibility index (Phi) is 15.8. The average molecular weight is 578 g/mol. The molecule has 1 amide bonds. The molecule has 0 aromatic carbocycles. The van der Waals surface area contributed by atoms with E-state index in [0.29, 0.717) is 6.42 Å². The second-order valence-electron chi connectivity index (χ2n) is 12.3. The molecular formula is C33H55NO7. The summed E-state index contributed by atoms with van der Waals surface area (Å²) in [5.41, 5.74) is 5.49. The molecular weight excluding hydrogens is 522 g/mol. The minimum Gasteiger partial charge on any atom is -0.462 e. The molecule has 0 unspecified atom stereocenters. The summed E-state index contributed by atoms with van der Waals surface area (Å²) in [6, 6.07) is 0. The highest BCUT2D eigenvalue weighted by atomic mass is 16.5. The number of hydrogen-bond acceptors (Lipinski definition) is 7. The Labute approximate surface area is 247 Å². The van der Waals surface area contributed by atoms with Crippen LogP contribution >= 0.6 is 0 Å². The van der Waals surface area contributed by atoms with E-state index in [9.17, 15) is 30.0 Å². The van der Waals surface area contributed by atoms with Crippen LogP contribution in [0.4, 0.5) is 0 Å². The number of hydrogen-bond donors (Lipinski definition) is 5. The second-order valence-corrected chi connectivity index (χ2v) is 12.3. The summed E-state index contributed by atoms with van der Waals surface area (Å²) in [5, 5.41) is 42.6. The third kappa shape index (κ3) is 11.5. The van der Waals surface area contributed by atoms with Crippen molar-refractivity contribution in [1.29, 1.82) is 0 Å². The van der Waals surface area contributed by atoms with Crippen molar-refractivity contribution in [3.63, 3.8) is 0 Å². The lowest BCUT2D eigenvalue weighted by Gasteiger charge is -2.36. The van der Waals surface area contributed by atoms with Crippen LogP contribution in [0.25, 0.3) is 0 Å². The first-order chi connectivity index (χ1) is 19.1. The van der Waals surface area contributed by atoms with Gasteiger partial charge in [-0.2, -0.15) is 0 Å². The van der Waals surface area contributed by atoms with E-state index in [1.165, 1.54) is 0 Å². The molecule has 1 fully saturated rings. The van der Waals surface area contributed by atoms with E-state index in [2.05, 4.69) is 6.58 Å². The van der Waals surface area contributed by atoms with Crippen LogP contribution in [-0.2, 0) is 14.3 Å². The monoisotopic (exact) mass is 577 g/mol. The van der Waals surface area contributed by atoms with Gasteiger partial charge < -0.3 is 30.9 Å². The summed E-state index contributed by atoms with van der Waals surface area (Å²) in [7, 11) is 0. The van der Waals surface area contributed by atoms with Crippen molar-refractivity contribution >= 4 is 11.9 Å². The van der Waals surface area contributed by atoms with Crippen LogP contribution in [0.1, 0.15) is 67.7 Å². The number of nitrogens with two attached hydrogens (primary N) is 1. The van der Waals surface area contributed by atoms with Crippen molar-refractivity contribution in [1.82, 2.24) is 0 Å². The molecule has 0 radical (unpaired) electrons. The third-order valence-electron chi connectivity index (χ3n) is 8.87. The van der Waals surface area contributed by atoms with E-state index < -0.39 is 42.4 Å². The molecule has 1 saturated heterocycles. The van der Waals surface area contributed by atoms with Gasteiger partial charge in [0.15, 0.2) is 0 Å². The largest absolute Gasteiger partial charge is 0.462 e. The van der Waals surface area contributed by atoms with E-state index in [1.807, 2.05) is 58.9 Å². The predicted molar refractivity (Wildman–Crippen MR) is 162 cm³/mol. The van der Waals surface area contributed by atoms with Crippen LogP contribution in [0.5, 0.6) is 0 Å². The molecule has 8 heteroatoms. The van der Waals surface area contributed by atoms with E-state index in [4.69, 9.17) is 10.5 Å². The number of allylic oxidation sites excluding steroid dienone is 4. The topological polar surface area (TPSA) is 150 Å². The maximum atomic E-state index is 11.9. The Balaban J connectivity index is 2.67. The van der Waals surface area contributed by atoms with Gasteiger partial charge >= 0.3 is 5.97 Å². The van der Waals surface area contributed by atoms with Crippen LogP contribution in [0.15, 0.2) is 49.1 Å². The first-order valence-corrected chi connectivity index (χ1v) is 15.0.